The minimum absolute atomic E-state index is 0.0745. The molecule has 0 spiro atoms. The summed E-state index contributed by atoms with van der Waals surface area (Å²) < 4.78 is 5.94. The molecule has 0 aliphatic heterocycles. The van der Waals surface area contributed by atoms with E-state index in [9.17, 15) is 4.79 Å². The molecule has 6 nitrogen and oxygen atoms in total. The molecular weight excluding hydrogens is 344 g/mol. The lowest BCUT2D eigenvalue weighted by atomic mass is 10.2. The first-order chi connectivity index (χ1) is 11.6. The molecule has 3 rings (SSSR count). The van der Waals surface area contributed by atoms with Crippen LogP contribution < -0.4 is 15.4 Å². The van der Waals surface area contributed by atoms with E-state index < -0.39 is 0 Å². The van der Waals surface area contributed by atoms with Crippen LogP contribution in [0.15, 0.2) is 28.6 Å². The Morgan fingerprint density at radius 3 is 2.79 bits per heavy atom. The van der Waals surface area contributed by atoms with Crippen LogP contribution in [0, 0.1) is 0 Å². The normalized spacial score (nSPS) is 14.9. The molecule has 8 heteroatoms. The highest BCUT2D eigenvalue weighted by Gasteiger charge is 2.26. The van der Waals surface area contributed by atoms with Crippen LogP contribution >= 0.6 is 23.1 Å². The first kappa shape index (κ1) is 17.0. The van der Waals surface area contributed by atoms with E-state index >= 15 is 0 Å². The van der Waals surface area contributed by atoms with Crippen LogP contribution in [0.2, 0.25) is 0 Å². The lowest BCUT2D eigenvalue weighted by Gasteiger charge is -2.08. The predicted molar refractivity (Wildman–Crippen MR) is 96.7 cm³/mol. The second-order valence-electron chi connectivity index (χ2n) is 5.62. The number of aromatic nitrogens is 2. The van der Waals surface area contributed by atoms with Gasteiger partial charge >= 0.3 is 0 Å². The summed E-state index contributed by atoms with van der Waals surface area (Å²) in [5.74, 6) is 0.914. The third-order valence-corrected chi connectivity index (χ3v) is 5.65. The molecule has 1 heterocycles. The van der Waals surface area contributed by atoms with Crippen molar-refractivity contribution in [2.24, 2.45) is 0 Å². The lowest BCUT2D eigenvalue weighted by Crippen LogP contribution is -2.32. The van der Waals surface area contributed by atoms with Gasteiger partial charge in [0, 0.05) is 12.6 Å². The van der Waals surface area contributed by atoms with Gasteiger partial charge in [-0.2, -0.15) is 0 Å². The number of anilines is 1. The van der Waals surface area contributed by atoms with Crippen LogP contribution in [0.3, 0.4) is 0 Å². The van der Waals surface area contributed by atoms with Crippen LogP contribution in [0.1, 0.15) is 25.3 Å². The van der Waals surface area contributed by atoms with Crippen molar-refractivity contribution in [1.29, 1.82) is 0 Å². The largest absolute Gasteiger partial charge is 0.497 e. The maximum absolute atomic E-state index is 12.0. The number of nitrogens with zero attached hydrogens (tertiary/aromatic N) is 2. The van der Waals surface area contributed by atoms with E-state index in [0.29, 0.717) is 12.6 Å². The van der Waals surface area contributed by atoms with Gasteiger partial charge in [0.15, 0.2) is 4.34 Å². The van der Waals surface area contributed by atoms with Gasteiger partial charge in [-0.1, -0.05) is 35.2 Å². The lowest BCUT2D eigenvalue weighted by molar-refractivity contribution is -0.120. The van der Waals surface area contributed by atoms with Crippen molar-refractivity contribution in [3.63, 3.8) is 0 Å². The van der Waals surface area contributed by atoms with Crippen molar-refractivity contribution in [3.8, 4) is 5.75 Å². The Morgan fingerprint density at radius 1 is 1.38 bits per heavy atom. The molecule has 1 aliphatic carbocycles. The number of benzene rings is 1. The molecule has 0 saturated heterocycles. The van der Waals surface area contributed by atoms with Crippen molar-refractivity contribution < 1.29 is 9.53 Å². The highest BCUT2D eigenvalue weighted by Crippen LogP contribution is 2.30. The van der Waals surface area contributed by atoms with Crippen molar-refractivity contribution in [2.45, 2.75) is 41.9 Å². The molecule has 1 fully saturated rings. The predicted octanol–water partition coefficient (Wildman–Crippen LogP) is 2.92. The molecule has 1 amide bonds. The third-order valence-electron chi connectivity index (χ3n) is 3.58. The van der Waals surface area contributed by atoms with E-state index in [1.165, 1.54) is 23.1 Å². The second-order valence-corrected chi connectivity index (χ2v) is 8.18. The number of hydrogen-bond acceptors (Lipinski definition) is 7. The van der Waals surface area contributed by atoms with Crippen LogP contribution in [-0.4, -0.2) is 34.5 Å². The Balaban J connectivity index is 1.48. The van der Waals surface area contributed by atoms with E-state index in [4.69, 9.17) is 4.74 Å². The molecule has 1 aliphatic rings. The van der Waals surface area contributed by atoms with Crippen LogP contribution in [-0.2, 0) is 11.3 Å². The zero-order valence-electron chi connectivity index (χ0n) is 13.6. The fourth-order valence-electron chi connectivity index (χ4n) is 2.00. The van der Waals surface area contributed by atoms with Crippen molar-refractivity contribution >= 4 is 34.1 Å². The van der Waals surface area contributed by atoms with Gasteiger partial charge in [-0.15, -0.1) is 10.2 Å². The molecule has 128 valence electrons. The Kier molecular flexibility index (Phi) is 5.57. The highest BCUT2D eigenvalue weighted by molar-refractivity contribution is 8.02. The van der Waals surface area contributed by atoms with Gasteiger partial charge in [-0.05, 0) is 37.5 Å². The minimum atomic E-state index is -0.159. The summed E-state index contributed by atoms with van der Waals surface area (Å²) in [6, 6.07) is 8.26. The van der Waals surface area contributed by atoms with Crippen molar-refractivity contribution in [1.82, 2.24) is 15.5 Å². The van der Waals surface area contributed by atoms with Gasteiger partial charge in [0.1, 0.15) is 5.75 Å². The van der Waals surface area contributed by atoms with Crippen LogP contribution in [0.5, 0.6) is 5.75 Å². The molecule has 1 aromatic heterocycles. The van der Waals surface area contributed by atoms with E-state index in [0.717, 1.165) is 33.6 Å². The first-order valence-corrected chi connectivity index (χ1v) is 9.51. The Labute approximate surface area is 149 Å². The number of rotatable bonds is 8. The first-order valence-electron chi connectivity index (χ1n) is 7.81. The summed E-state index contributed by atoms with van der Waals surface area (Å²) in [6.07, 6.45) is 2.20. The zero-order chi connectivity index (χ0) is 16.9. The summed E-state index contributed by atoms with van der Waals surface area (Å²) in [5, 5.41) is 15.1. The molecule has 2 N–H and O–H groups in total. The maximum Gasteiger partial charge on any atom is 0.233 e. The average Bonchev–Trinajstić information content (AvgIpc) is 3.30. The van der Waals surface area contributed by atoms with Gasteiger partial charge in [0.2, 0.25) is 11.0 Å². The minimum Gasteiger partial charge on any atom is -0.497 e. The quantitative estimate of drug-likeness (QED) is 0.702. The summed E-state index contributed by atoms with van der Waals surface area (Å²) in [5.41, 5.74) is 1.14. The molecular formula is C16H20N4O2S2. The van der Waals surface area contributed by atoms with Gasteiger partial charge in [0.05, 0.1) is 12.4 Å². The number of carbonyl (C=O) groups excluding carboxylic acids is 1. The topological polar surface area (TPSA) is 76.1 Å². The fourth-order valence-corrected chi connectivity index (χ4v) is 3.90. The number of thioether (sulfide) groups is 1. The summed E-state index contributed by atoms with van der Waals surface area (Å²) in [7, 11) is 1.65. The van der Waals surface area contributed by atoms with Gasteiger partial charge in [-0.3, -0.25) is 4.79 Å². The zero-order valence-corrected chi connectivity index (χ0v) is 15.2. The number of nitrogens with one attached hydrogen (secondary N) is 2. The van der Waals surface area contributed by atoms with Gasteiger partial charge < -0.3 is 15.4 Å². The smallest absolute Gasteiger partial charge is 0.233 e. The van der Waals surface area contributed by atoms with E-state index in [2.05, 4.69) is 20.8 Å². The van der Waals surface area contributed by atoms with Crippen LogP contribution in [0.4, 0.5) is 5.13 Å². The third kappa shape index (κ3) is 4.85. The Bertz CT molecular complexity index is 686. The van der Waals surface area contributed by atoms with Crippen molar-refractivity contribution in [3.05, 3.63) is 29.8 Å². The monoisotopic (exact) mass is 364 g/mol. The fraction of sp³-hybridized carbons (Fsp3) is 0.438. The molecule has 1 aromatic carbocycles. The summed E-state index contributed by atoms with van der Waals surface area (Å²) >= 11 is 2.91. The van der Waals surface area contributed by atoms with E-state index in [1.807, 2.05) is 31.2 Å². The number of ether oxygens (including phenoxy) is 1. The molecule has 0 bridgehead atoms. The average molecular weight is 364 g/mol. The molecule has 24 heavy (non-hydrogen) atoms. The van der Waals surface area contributed by atoms with E-state index in [1.54, 1.807) is 7.11 Å². The standard InChI is InChI=1S/C16H20N4O2S2/c1-10(14(21)18-12-5-6-12)23-16-20-19-15(24-16)17-9-11-3-7-13(22-2)8-4-11/h3-4,7-8,10,12H,5-6,9H2,1-2H3,(H,17,19)(H,18,21). The number of carbonyl (C=O) groups is 1. The highest BCUT2D eigenvalue weighted by atomic mass is 32.2. The molecule has 1 atom stereocenters. The maximum atomic E-state index is 12.0. The van der Waals surface area contributed by atoms with Crippen LogP contribution in [0.25, 0.3) is 0 Å². The Morgan fingerprint density at radius 2 is 2.12 bits per heavy atom. The number of hydrogen-bond donors (Lipinski definition) is 2. The van der Waals surface area contributed by atoms with E-state index in [-0.39, 0.29) is 11.2 Å². The number of methoxy groups -OCH3 is 1. The molecule has 1 unspecified atom stereocenters. The van der Waals surface area contributed by atoms with Gasteiger partial charge in [0.25, 0.3) is 0 Å². The second kappa shape index (κ2) is 7.85. The summed E-state index contributed by atoms with van der Waals surface area (Å²) in [4.78, 5) is 12.0. The van der Waals surface area contributed by atoms with Gasteiger partial charge in [-0.25, -0.2) is 0 Å². The SMILES string of the molecule is COc1ccc(CNc2nnc(SC(C)C(=O)NC3CC3)s2)cc1. The summed E-state index contributed by atoms with van der Waals surface area (Å²) in [6.45, 7) is 2.56. The molecule has 0 radical (unpaired) electrons. The number of amides is 1. The Hall–Kier alpha value is -1.80. The molecule has 1 saturated carbocycles. The molecule has 2 aromatic rings. The van der Waals surface area contributed by atoms with Crippen molar-refractivity contribution in [2.75, 3.05) is 12.4 Å².